The molecule has 1 fully saturated rings. The van der Waals surface area contributed by atoms with E-state index in [1.54, 1.807) is 17.9 Å². The number of carbonyl (C=O) groups is 1. The lowest BCUT2D eigenvalue weighted by atomic mass is 10.0. The van der Waals surface area contributed by atoms with E-state index in [9.17, 15) is 13.2 Å². The Kier molecular flexibility index (Phi) is 5.48. The van der Waals surface area contributed by atoms with Crippen molar-refractivity contribution in [2.45, 2.75) is 44.5 Å². The van der Waals surface area contributed by atoms with Crippen LogP contribution in [0.1, 0.15) is 28.5 Å². The van der Waals surface area contributed by atoms with Gasteiger partial charge < -0.3 is 14.2 Å². The number of hydroxylamine groups is 2. The lowest BCUT2D eigenvalue weighted by molar-refractivity contribution is -0.0308. The second-order valence-electron chi connectivity index (χ2n) is 8.39. The fraction of sp³-hybridized carbons (Fsp3) is 0.562. The SMILES string of the molecule is C[Si](C)(C)CCOCn1ccnc1C1c2ncsc2C2CN1C(=O)N2OS(=O)(=O)O. The van der Waals surface area contributed by atoms with Crippen LogP contribution in [0.25, 0.3) is 0 Å². The minimum Gasteiger partial charge on any atom is -0.361 e. The molecule has 0 aromatic carbocycles. The molecule has 2 amide bonds. The van der Waals surface area contributed by atoms with Gasteiger partial charge in [0.15, 0.2) is 0 Å². The molecule has 30 heavy (non-hydrogen) atoms. The number of hydrogen-bond donors (Lipinski definition) is 1. The molecule has 0 aliphatic carbocycles. The van der Waals surface area contributed by atoms with Crippen LogP contribution in [0.5, 0.6) is 0 Å². The summed E-state index contributed by atoms with van der Waals surface area (Å²) in [5.41, 5.74) is 2.24. The van der Waals surface area contributed by atoms with Crippen molar-refractivity contribution in [1.82, 2.24) is 24.5 Å². The summed E-state index contributed by atoms with van der Waals surface area (Å²) in [4.78, 5) is 23.9. The van der Waals surface area contributed by atoms with Crippen molar-refractivity contribution in [2.24, 2.45) is 0 Å². The van der Waals surface area contributed by atoms with E-state index >= 15 is 0 Å². The summed E-state index contributed by atoms with van der Waals surface area (Å²) in [5, 5.41) is 0.685. The van der Waals surface area contributed by atoms with Crippen molar-refractivity contribution in [3.63, 3.8) is 0 Å². The number of aromatic nitrogens is 3. The van der Waals surface area contributed by atoms with E-state index in [0.29, 0.717) is 28.1 Å². The molecule has 1 N–H and O–H groups in total. The van der Waals surface area contributed by atoms with Crippen LogP contribution in [-0.2, 0) is 26.2 Å². The zero-order valence-electron chi connectivity index (χ0n) is 16.8. The third kappa shape index (κ3) is 4.15. The van der Waals surface area contributed by atoms with Crippen LogP contribution in [0, 0.1) is 0 Å². The number of hydrogen-bond acceptors (Lipinski definition) is 8. The van der Waals surface area contributed by atoms with E-state index < -0.39 is 36.6 Å². The summed E-state index contributed by atoms with van der Waals surface area (Å²) >= 11 is 1.30. The third-order valence-corrected chi connectivity index (χ3v) is 7.98. The highest BCUT2D eigenvalue weighted by Gasteiger charge is 2.53. The molecule has 14 heteroatoms. The topological polar surface area (TPSA) is 127 Å². The third-order valence-electron chi connectivity index (χ3n) is 4.98. The molecule has 0 spiro atoms. The number of carbonyl (C=O) groups excluding carboxylic acids is 1. The van der Waals surface area contributed by atoms with E-state index in [-0.39, 0.29) is 13.3 Å². The van der Waals surface area contributed by atoms with Gasteiger partial charge in [-0.1, -0.05) is 19.6 Å². The fourth-order valence-corrected chi connectivity index (χ4v) is 5.56. The Bertz CT molecular complexity index is 1050. The van der Waals surface area contributed by atoms with E-state index in [4.69, 9.17) is 9.29 Å². The van der Waals surface area contributed by atoms with Gasteiger partial charge in [-0.05, 0) is 6.04 Å². The highest BCUT2D eigenvalue weighted by atomic mass is 32.3. The Labute approximate surface area is 179 Å². The minimum atomic E-state index is -4.85. The molecule has 2 aliphatic rings. The first-order valence-corrected chi connectivity index (χ1v) is 15.3. The lowest BCUT2D eigenvalue weighted by Crippen LogP contribution is -2.37. The van der Waals surface area contributed by atoms with Gasteiger partial charge in [-0.15, -0.1) is 15.6 Å². The Morgan fingerprint density at radius 3 is 2.80 bits per heavy atom. The lowest BCUT2D eigenvalue weighted by Gasteiger charge is -2.29. The average Bonchev–Trinajstić information content (AvgIpc) is 3.34. The smallest absolute Gasteiger partial charge is 0.361 e. The second kappa shape index (κ2) is 7.69. The molecule has 2 aromatic heterocycles. The van der Waals surface area contributed by atoms with Crippen molar-refractivity contribution in [2.75, 3.05) is 13.2 Å². The highest BCUT2D eigenvalue weighted by molar-refractivity contribution is 7.80. The van der Waals surface area contributed by atoms with E-state index in [1.807, 2.05) is 4.57 Å². The van der Waals surface area contributed by atoms with Gasteiger partial charge in [0.1, 0.15) is 24.6 Å². The highest BCUT2D eigenvalue weighted by Crippen LogP contribution is 2.47. The van der Waals surface area contributed by atoms with Gasteiger partial charge in [0, 0.05) is 27.1 Å². The molecule has 2 aliphatic heterocycles. The van der Waals surface area contributed by atoms with Gasteiger partial charge in [-0.3, -0.25) is 4.55 Å². The Morgan fingerprint density at radius 2 is 2.10 bits per heavy atom. The first kappa shape index (κ1) is 21.4. The molecule has 2 aromatic rings. The maximum Gasteiger partial charge on any atom is 0.418 e. The predicted octanol–water partition coefficient (Wildman–Crippen LogP) is 2.27. The molecule has 2 bridgehead atoms. The summed E-state index contributed by atoms with van der Waals surface area (Å²) in [6, 6.07) is -0.928. The molecule has 0 saturated carbocycles. The zero-order chi connectivity index (χ0) is 21.7. The van der Waals surface area contributed by atoms with Crippen LogP contribution in [0.4, 0.5) is 4.79 Å². The van der Waals surface area contributed by atoms with Crippen molar-refractivity contribution in [1.29, 1.82) is 0 Å². The normalized spacial score (nSPS) is 21.4. The van der Waals surface area contributed by atoms with Gasteiger partial charge in [0.2, 0.25) is 0 Å². The number of urea groups is 1. The summed E-state index contributed by atoms with van der Waals surface area (Å²) in [6.45, 7) is 7.95. The van der Waals surface area contributed by atoms with Crippen LogP contribution in [0.2, 0.25) is 25.7 Å². The molecule has 11 nitrogen and oxygen atoms in total. The number of fused-ring (bicyclic) bond motifs is 4. The van der Waals surface area contributed by atoms with Crippen molar-refractivity contribution >= 4 is 35.8 Å². The zero-order valence-corrected chi connectivity index (χ0v) is 19.4. The number of ether oxygens (including phenoxy) is 1. The maximum atomic E-state index is 12.9. The molecule has 1 saturated heterocycles. The average molecular weight is 474 g/mol. The standard InChI is InChI=1S/C16H23N5O6S2Si/c1-30(2,3)7-6-26-10-19-5-4-17-15(19)13-12-14(28-9-18-12)11-8-20(13)16(22)21(11)27-29(23,24)25/h4-5,9,11,13H,6-8,10H2,1-3H3,(H,23,24,25). The van der Waals surface area contributed by atoms with Crippen molar-refractivity contribution < 1.29 is 26.8 Å². The quantitative estimate of drug-likeness (QED) is 0.351. The van der Waals surface area contributed by atoms with Crippen LogP contribution in [0.3, 0.4) is 0 Å². The number of rotatable bonds is 8. The molecule has 0 radical (unpaired) electrons. The van der Waals surface area contributed by atoms with E-state index in [2.05, 4.69) is 33.9 Å². The fourth-order valence-electron chi connectivity index (χ4n) is 3.54. The Hall–Kier alpha value is -1.84. The van der Waals surface area contributed by atoms with Gasteiger partial charge in [0.05, 0.1) is 22.6 Å². The maximum absolute atomic E-state index is 12.9. The summed E-state index contributed by atoms with van der Waals surface area (Å²) in [6.07, 6.45) is 3.40. The van der Waals surface area contributed by atoms with E-state index in [1.165, 1.54) is 16.2 Å². The summed E-state index contributed by atoms with van der Waals surface area (Å²) < 4.78 is 43.8. The van der Waals surface area contributed by atoms with Crippen LogP contribution in [0.15, 0.2) is 17.9 Å². The molecule has 4 heterocycles. The number of amides is 2. The van der Waals surface area contributed by atoms with E-state index in [0.717, 1.165) is 6.04 Å². The van der Waals surface area contributed by atoms with Crippen LogP contribution >= 0.6 is 11.3 Å². The Morgan fingerprint density at radius 1 is 1.33 bits per heavy atom. The first-order chi connectivity index (χ1) is 14.1. The van der Waals surface area contributed by atoms with Crippen LogP contribution in [-0.4, -0.2) is 64.7 Å². The molecule has 164 valence electrons. The summed E-state index contributed by atoms with van der Waals surface area (Å²) in [7, 11) is -6.06. The molecular weight excluding hydrogens is 450 g/mol. The monoisotopic (exact) mass is 473 g/mol. The predicted molar refractivity (Wildman–Crippen MR) is 110 cm³/mol. The molecule has 4 rings (SSSR count). The number of thiazole rings is 1. The first-order valence-electron chi connectivity index (χ1n) is 9.34. The van der Waals surface area contributed by atoms with Gasteiger partial charge in [-0.2, -0.15) is 13.5 Å². The largest absolute Gasteiger partial charge is 0.418 e. The van der Waals surface area contributed by atoms with Crippen LogP contribution < -0.4 is 0 Å². The number of imidazole rings is 1. The molecular formula is C16H23N5O6S2Si. The van der Waals surface area contributed by atoms with Crippen molar-refractivity contribution in [3.8, 4) is 0 Å². The van der Waals surface area contributed by atoms with Crippen molar-refractivity contribution in [3.05, 3.63) is 34.3 Å². The molecule has 2 unspecified atom stereocenters. The van der Waals surface area contributed by atoms with Gasteiger partial charge in [0.25, 0.3) is 0 Å². The van der Waals surface area contributed by atoms with Gasteiger partial charge >= 0.3 is 16.4 Å². The van der Waals surface area contributed by atoms with Gasteiger partial charge in [-0.25, -0.2) is 14.8 Å². The Balaban J connectivity index is 1.60. The number of nitrogens with zero attached hydrogens (tertiary/aromatic N) is 5. The summed E-state index contributed by atoms with van der Waals surface area (Å²) in [5.74, 6) is 0.565. The minimum absolute atomic E-state index is 0.192. The second-order valence-corrected chi connectivity index (χ2v) is 15.9. The molecule has 2 atom stereocenters.